The highest BCUT2D eigenvalue weighted by Crippen LogP contribution is 2.30. The van der Waals surface area contributed by atoms with E-state index in [9.17, 15) is 9.18 Å². The molecule has 35 heavy (non-hydrogen) atoms. The van der Waals surface area contributed by atoms with Gasteiger partial charge in [-0.1, -0.05) is 54.6 Å². The second-order valence-electron chi connectivity index (χ2n) is 9.58. The van der Waals surface area contributed by atoms with Crippen LogP contribution in [0.4, 0.5) is 4.39 Å². The number of rotatable bonds is 7. The van der Waals surface area contributed by atoms with Crippen LogP contribution in [0.25, 0.3) is 28.1 Å². The van der Waals surface area contributed by atoms with E-state index in [1.54, 1.807) is 23.0 Å². The quantitative estimate of drug-likeness (QED) is 0.305. The van der Waals surface area contributed by atoms with E-state index in [2.05, 4.69) is 17.2 Å². The topological polar surface area (TPSA) is 47.4 Å². The number of likely N-dealkylation sites (N-methyl/N-ethyl adjacent to an activating group) is 1. The van der Waals surface area contributed by atoms with E-state index in [0.29, 0.717) is 17.8 Å². The van der Waals surface area contributed by atoms with Crippen LogP contribution in [0.2, 0.25) is 0 Å². The molecular formula is C29H30FN3O2. The largest absolute Gasteiger partial charge is 0.459 e. The normalized spacial score (nSPS) is 11.6. The van der Waals surface area contributed by atoms with E-state index < -0.39 is 5.60 Å². The molecule has 0 saturated heterocycles. The fourth-order valence-corrected chi connectivity index (χ4v) is 4.00. The average Bonchev–Trinajstić information content (AvgIpc) is 3.21. The van der Waals surface area contributed by atoms with Gasteiger partial charge in [-0.2, -0.15) is 5.10 Å². The van der Waals surface area contributed by atoms with Crippen LogP contribution in [0.3, 0.4) is 0 Å². The summed E-state index contributed by atoms with van der Waals surface area (Å²) in [5.74, 6) is -0.637. The molecule has 6 heteroatoms. The van der Waals surface area contributed by atoms with Gasteiger partial charge in [-0.3, -0.25) is 9.69 Å². The van der Waals surface area contributed by atoms with Gasteiger partial charge < -0.3 is 4.74 Å². The van der Waals surface area contributed by atoms with Gasteiger partial charge in [0.2, 0.25) is 0 Å². The highest BCUT2D eigenvalue weighted by Gasteiger charge is 2.21. The minimum absolute atomic E-state index is 0.116. The lowest BCUT2D eigenvalue weighted by Gasteiger charge is -2.22. The number of carbonyl (C=O) groups excluding carboxylic acids is 1. The molecule has 4 aromatic rings. The summed E-state index contributed by atoms with van der Waals surface area (Å²) < 4.78 is 22.1. The molecule has 0 amide bonds. The molecule has 0 saturated carbocycles. The maximum Gasteiger partial charge on any atom is 0.320 e. The molecule has 0 bridgehead atoms. The van der Waals surface area contributed by atoms with Crippen molar-refractivity contribution < 1.29 is 13.9 Å². The zero-order valence-corrected chi connectivity index (χ0v) is 20.5. The average molecular weight is 472 g/mol. The van der Waals surface area contributed by atoms with Crippen molar-refractivity contribution in [3.63, 3.8) is 0 Å². The Morgan fingerprint density at radius 3 is 2.23 bits per heavy atom. The summed E-state index contributed by atoms with van der Waals surface area (Å²) in [7, 11) is 1.83. The van der Waals surface area contributed by atoms with Crippen LogP contribution < -0.4 is 0 Å². The van der Waals surface area contributed by atoms with E-state index >= 15 is 0 Å². The molecule has 1 heterocycles. The van der Waals surface area contributed by atoms with Crippen molar-refractivity contribution in [1.82, 2.24) is 14.7 Å². The van der Waals surface area contributed by atoms with E-state index in [0.717, 1.165) is 22.4 Å². The Morgan fingerprint density at radius 2 is 1.57 bits per heavy atom. The van der Waals surface area contributed by atoms with Crippen LogP contribution in [-0.2, 0) is 16.1 Å². The second kappa shape index (κ2) is 10.2. The first-order chi connectivity index (χ1) is 16.7. The Bertz CT molecular complexity index is 1290. The van der Waals surface area contributed by atoms with E-state index in [4.69, 9.17) is 4.74 Å². The first-order valence-corrected chi connectivity index (χ1v) is 11.6. The minimum Gasteiger partial charge on any atom is -0.459 e. The van der Waals surface area contributed by atoms with Gasteiger partial charge in [0.15, 0.2) is 0 Å². The summed E-state index contributed by atoms with van der Waals surface area (Å²) >= 11 is 0. The summed E-state index contributed by atoms with van der Waals surface area (Å²) in [5, 5.41) is 4.61. The summed E-state index contributed by atoms with van der Waals surface area (Å²) in [4.78, 5) is 14.1. The van der Waals surface area contributed by atoms with Crippen LogP contribution >= 0.6 is 0 Å². The lowest BCUT2D eigenvalue weighted by Crippen LogP contribution is -2.32. The van der Waals surface area contributed by atoms with E-state index in [-0.39, 0.29) is 18.3 Å². The van der Waals surface area contributed by atoms with Crippen LogP contribution in [0, 0.1) is 5.82 Å². The smallest absolute Gasteiger partial charge is 0.320 e. The zero-order valence-electron chi connectivity index (χ0n) is 20.5. The Hall–Kier alpha value is -3.77. The van der Waals surface area contributed by atoms with Crippen molar-refractivity contribution in [3.05, 3.63) is 96.4 Å². The zero-order chi connectivity index (χ0) is 25.0. The van der Waals surface area contributed by atoms with Crippen molar-refractivity contribution >= 4 is 5.97 Å². The first-order valence-electron chi connectivity index (χ1n) is 11.6. The van der Waals surface area contributed by atoms with Gasteiger partial charge in [0.05, 0.1) is 24.1 Å². The van der Waals surface area contributed by atoms with Gasteiger partial charge in [-0.05, 0) is 63.2 Å². The molecule has 1 aromatic heterocycles. The van der Waals surface area contributed by atoms with Crippen LogP contribution in [0.1, 0.15) is 26.3 Å². The van der Waals surface area contributed by atoms with Crippen LogP contribution in [0.15, 0.2) is 85.1 Å². The molecule has 180 valence electrons. The predicted molar refractivity (Wildman–Crippen MR) is 137 cm³/mol. The highest BCUT2D eigenvalue weighted by atomic mass is 19.1. The summed E-state index contributed by atoms with van der Waals surface area (Å²) in [6.45, 7) is 6.05. The third-order valence-electron chi connectivity index (χ3n) is 5.45. The Balaban J connectivity index is 1.66. The second-order valence-corrected chi connectivity index (χ2v) is 9.58. The lowest BCUT2D eigenvalue weighted by molar-refractivity contribution is -0.155. The maximum atomic E-state index is 14.9. The number of benzene rings is 3. The molecule has 0 N–H and O–H groups in total. The molecule has 0 aliphatic carbocycles. The highest BCUT2D eigenvalue weighted by molar-refractivity contribution is 5.72. The summed E-state index contributed by atoms with van der Waals surface area (Å²) in [6, 6.07) is 24.8. The number of halogens is 1. The fraction of sp³-hybridized carbons (Fsp3) is 0.241. The fourth-order valence-electron chi connectivity index (χ4n) is 4.00. The number of esters is 1. The van der Waals surface area contributed by atoms with E-state index in [1.807, 2.05) is 81.2 Å². The monoisotopic (exact) mass is 471 g/mol. The van der Waals surface area contributed by atoms with Gasteiger partial charge in [0.25, 0.3) is 0 Å². The number of hydrogen-bond acceptors (Lipinski definition) is 4. The van der Waals surface area contributed by atoms with Crippen molar-refractivity contribution in [2.75, 3.05) is 13.6 Å². The standard InChI is InChI=1S/C29H30FN3O2/c1-29(2,3)35-27(34)20-32(4)19-23-18-31-33(28(23)25-12-8-9-13-26(25)30)24-16-14-22(15-17-24)21-10-6-5-7-11-21/h5-18H,19-20H2,1-4H3. The van der Waals surface area contributed by atoms with E-state index in [1.165, 1.54) is 6.07 Å². The number of nitrogens with zero attached hydrogens (tertiary/aromatic N) is 3. The molecule has 0 fully saturated rings. The van der Waals surface area contributed by atoms with Gasteiger partial charge in [0, 0.05) is 17.7 Å². The third-order valence-corrected chi connectivity index (χ3v) is 5.45. The minimum atomic E-state index is -0.549. The molecule has 0 atom stereocenters. The third kappa shape index (κ3) is 6.03. The molecular weight excluding hydrogens is 441 g/mol. The van der Waals surface area contributed by atoms with Crippen LogP contribution in [-0.4, -0.2) is 39.8 Å². The summed E-state index contributed by atoms with van der Waals surface area (Å²) in [5.41, 5.74) is 4.42. The molecule has 0 radical (unpaired) electrons. The molecule has 0 aliphatic heterocycles. The summed E-state index contributed by atoms with van der Waals surface area (Å²) in [6.07, 6.45) is 1.73. The van der Waals surface area contributed by atoms with Crippen molar-refractivity contribution in [1.29, 1.82) is 0 Å². The molecule has 4 rings (SSSR count). The molecule has 0 spiro atoms. The molecule has 0 unspecified atom stereocenters. The maximum absolute atomic E-state index is 14.9. The van der Waals surface area contributed by atoms with Crippen molar-refractivity contribution in [2.45, 2.75) is 32.9 Å². The number of carbonyl (C=O) groups is 1. The molecule has 3 aromatic carbocycles. The number of hydrogen-bond donors (Lipinski definition) is 0. The number of aromatic nitrogens is 2. The lowest BCUT2D eigenvalue weighted by atomic mass is 10.0. The Labute approximate surface area is 205 Å². The number of ether oxygens (including phenoxy) is 1. The first kappa shape index (κ1) is 24.4. The Morgan fingerprint density at radius 1 is 0.943 bits per heavy atom. The van der Waals surface area contributed by atoms with Gasteiger partial charge in [-0.25, -0.2) is 9.07 Å². The Kier molecular flexibility index (Phi) is 7.12. The molecule has 0 aliphatic rings. The van der Waals surface area contributed by atoms with Crippen molar-refractivity contribution in [2.24, 2.45) is 0 Å². The molecule has 5 nitrogen and oxygen atoms in total. The van der Waals surface area contributed by atoms with Gasteiger partial charge in [-0.15, -0.1) is 0 Å². The van der Waals surface area contributed by atoms with Gasteiger partial charge >= 0.3 is 5.97 Å². The van der Waals surface area contributed by atoms with Gasteiger partial charge in [0.1, 0.15) is 11.4 Å². The van der Waals surface area contributed by atoms with Crippen LogP contribution in [0.5, 0.6) is 0 Å². The SMILES string of the molecule is CN(CC(=O)OC(C)(C)C)Cc1cnn(-c2ccc(-c3ccccc3)cc2)c1-c1ccccc1F. The predicted octanol–water partition coefficient (Wildman–Crippen LogP) is 6.12. The van der Waals surface area contributed by atoms with Crippen molar-refractivity contribution in [3.8, 4) is 28.1 Å².